The first-order chi connectivity index (χ1) is 13.4. The van der Waals surface area contributed by atoms with Gasteiger partial charge in [0, 0.05) is 24.6 Å². The SMILES string of the molecule is CCOC(=O)CCN1/C(=C\C=C2\SC(=S)N(C)C2=O)Sc2ccc(OC)cc21. The number of hydrogen-bond donors (Lipinski definition) is 0. The third-order valence-electron chi connectivity index (χ3n) is 4.15. The Morgan fingerprint density at radius 1 is 1.29 bits per heavy atom. The second kappa shape index (κ2) is 9.02. The summed E-state index contributed by atoms with van der Waals surface area (Å²) in [7, 11) is 3.29. The van der Waals surface area contributed by atoms with Crippen LogP contribution in [-0.4, -0.2) is 48.4 Å². The second-order valence-electron chi connectivity index (χ2n) is 5.91. The van der Waals surface area contributed by atoms with Crippen molar-refractivity contribution in [3.63, 3.8) is 0 Å². The number of allylic oxidation sites excluding steroid dienone is 2. The molecule has 1 saturated heterocycles. The number of methoxy groups -OCH3 is 1. The maximum absolute atomic E-state index is 12.2. The fourth-order valence-electron chi connectivity index (χ4n) is 2.71. The third kappa shape index (κ3) is 4.37. The summed E-state index contributed by atoms with van der Waals surface area (Å²) < 4.78 is 10.9. The van der Waals surface area contributed by atoms with Crippen LogP contribution in [0.25, 0.3) is 0 Å². The van der Waals surface area contributed by atoms with E-state index in [1.165, 1.54) is 16.7 Å². The Morgan fingerprint density at radius 2 is 2.07 bits per heavy atom. The van der Waals surface area contributed by atoms with Crippen LogP contribution in [0.4, 0.5) is 5.69 Å². The molecule has 0 spiro atoms. The van der Waals surface area contributed by atoms with Crippen molar-refractivity contribution in [3.8, 4) is 5.75 Å². The molecule has 2 aliphatic heterocycles. The molecule has 0 saturated carbocycles. The average Bonchev–Trinajstić information content (AvgIpc) is 3.16. The van der Waals surface area contributed by atoms with E-state index in [-0.39, 0.29) is 18.3 Å². The summed E-state index contributed by atoms with van der Waals surface area (Å²) in [6, 6.07) is 5.84. The predicted molar refractivity (Wildman–Crippen MR) is 117 cm³/mol. The quantitative estimate of drug-likeness (QED) is 0.379. The van der Waals surface area contributed by atoms with Crippen molar-refractivity contribution in [1.82, 2.24) is 4.90 Å². The van der Waals surface area contributed by atoms with E-state index >= 15 is 0 Å². The molecule has 0 bridgehead atoms. The Kier molecular flexibility index (Phi) is 6.69. The van der Waals surface area contributed by atoms with E-state index in [2.05, 4.69) is 0 Å². The Balaban J connectivity index is 1.87. The fraction of sp³-hybridized carbons (Fsp3) is 0.316. The number of hydrogen-bond acceptors (Lipinski definition) is 8. The van der Waals surface area contributed by atoms with Gasteiger partial charge in [-0.1, -0.05) is 35.7 Å². The third-order valence-corrected chi connectivity index (χ3v) is 6.78. The number of likely N-dealkylation sites (N-methyl/N-ethyl adjacent to an activating group) is 1. The molecule has 1 fully saturated rings. The zero-order chi connectivity index (χ0) is 20.3. The van der Waals surface area contributed by atoms with E-state index in [4.69, 9.17) is 21.7 Å². The Hall–Kier alpha value is -1.97. The van der Waals surface area contributed by atoms with E-state index < -0.39 is 0 Å². The number of ether oxygens (including phenoxy) is 2. The average molecular weight is 437 g/mol. The molecule has 2 aliphatic rings. The van der Waals surface area contributed by atoms with E-state index in [0.29, 0.717) is 22.4 Å². The molecule has 2 heterocycles. The van der Waals surface area contributed by atoms with Crippen molar-refractivity contribution in [1.29, 1.82) is 0 Å². The van der Waals surface area contributed by atoms with Gasteiger partial charge in [0.15, 0.2) is 0 Å². The molecular weight excluding hydrogens is 416 g/mol. The molecule has 28 heavy (non-hydrogen) atoms. The van der Waals surface area contributed by atoms with Gasteiger partial charge in [0.25, 0.3) is 5.91 Å². The lowest BCUT2D eigenvalue weighted by atomic mass is 10.2. The molecule has 0 radical (unpaired) electrons. The summed E-state index contributed by atoms with van der Waals surface area (Å²) in [6.45, 7) is 2.62. The van der Waals surface area contributed by atoms with Crippen LogP contribution in [-0.2, 0) is 14.3 Å². The topological polar surface area (TPSA) is 59.1 Å². The molecule has 0 aliphatic carbocycles. The Bertz CT molecular complexity index is 882. The monoisotopic (exact) mass is 436 g/mol. The zero-order valence-corrected chi connectivity index (χ0v) is 18.2. The normalized spacial score (nSPS) is 19.0. The summed E-state index contributed by atoms with van der Waals surface area (Å²) in [5.74, 6) is 0.399. The summed E-state index contributed by atoms with van der Waals surface area (Å²) in [5.41, 5.74) is 0.969. The number of fused-ring (bicyclic) bond motifs is 1. The van der Waals surface area contributed by atoms with Gasteiger partial charge in [0.2, 0.25) is 0 Å². The van der Waals surface area contributed by atoms with Gasteiger partial charge in [0.1, 0.15) is 10.1 Å². The molecule has 148 valence electrons. The number of thiocarbonyl (C=S) groups is 1. The van der Waals surface area contributed by atoms with Crippen LogP contribution in [0.5, 0.6) is 5.75 Å². The van der Waals surface area contributed by atoms with Gasteiger partial charge < -0.3 is 14.4 Å². The minimum absolute atomic E-state index is 0.105. The largest absolute Gasteiger partial charge is 0.497 e. The molecule has 0 atom stereocenters. The summed E-state index contributed by atoms with van der Waals surface area (Å²) >= 11 is 8.04. The number of benzene rings is 1. The first-order valence-corrected chi connectivity index (χ1v) is 10.7. The van der Waals surface area contributed by atoms with Gasteiger partial charge in [-0.3, -0.25) is 14.5 Å². The summed E-state index contributed by atoms with van der Waals surface area (Å²) in [4.78, 5) is 29.2. The predicted octanol–water partition coefficient (Wildman–Crippen LogP) is 3.78. The lowest BCUT2D eigenvalue weighted by Gasteiger charge is -2.20. The number of rotatable bonds is 6. The molecule has 0 unspecified atom stereocenters. The molecule has 3 rings (SSSR count). The highest BCUT2D eigenvalue weighted by Gasteiger charge is 2.29. The first kappa shape index (κ1) is 20.8. The first-order valence-electron chi connectivity index (χ1n) is 8.65. The van der Waals surface area contributed by atoms with Crippen molar-refractivity contribution < 1.29 is 19.1 Å². The highest BCUT2D eigenvalue weighted by molar-refractivity contribution is 8.26. The summed E-state index contributed by atoms with van der Waals surface area (Å²) in [5, 5.41) is 0.925. The number of nitrogens with zero attached hydrogens (tertiary/aromatic N) is 2. The molecular formula is C19H20N2O4S3. The van der Waals surface area contributed by atoms with Crippen molar-refractivity contribution in [2.24, 2.45) is 0 Å². The number of anilines is 1. The van der Waals surface area contributed by atoms with Crippen LogP contribution in [0, 0.1) is 0 Å². The van der Waals surface area contributed by atoms with Crippen molar-refractivity contribution >= 4 is 57.6 Å². The van der Waals surface area contributed by atoms with Crippen molar-refractivity contribution in [2.45, 2.75) is 18.2 Å². The van der Waals surface area contributed by atoms with Crippen molar-refractivity contribution in [2.75, 3.05) is 32.2 Å². The van der Waals surface area contributed by atoms with Crippen LogP contribution in [0.1, 0.15) is 13.3 Å². The zero-order valence-electron chi connectivity index (χ0n) is 15.8. The van der Waals surface area contributed by atoms with Crippen LogP contribution in [0.2, 0.25) is 0 Å². The Morgan fingerprint density at radius 3 is 2.71 bits per heavy atom. The Labute approximate surface area is 177 Å². The van der Waals surface area contributed by atoms with Crippen LogP contribution in [0.15, 0.2) is 45.2 Å². The van der Waals surface area contributed by atoms with Gasteiger partial charge in [-0.25, -0.2) is 0 Å². The number of carbonyl (C=O) groups is 2. The lowest BCUT2D eigenvalue weighted by molar-refractivity contribution is -0.142. The summed E-state index contributed by atoms with van der Waals surface area (Å²) in [6.07, 6.45) is 3.94. The smallest absolute Gasteiger partial charge is 0.307 e. The van der Waals surface area contributed by atoms with Gasteiger partial charge in [-0.15, -0.1) is 0 Å². The van der Waals surface area contributed by atoms with E-state index in [1.807, 2.05) is 29.2 Å². The molecule has 1 aromatic rings. The molecule has 0 aromatic heterocycles. The number of carbonyl (C=O) groups excluding carboxylic acids is 2. The lowest BCUT2D eigenvalue weighted by Crippen LogP contribution is -2.23. The molecule has 9 heteroatoms. The minimum Gasteiger partial charge on any atom is -0.497 e. The molecule has 0 N–H and O–H groups in total. The number of esters is 1. The molecule has 1 amide bonds. The van der Waals surface area contributed by atoms with E-state index in [0.717, 1.165) is 21.4 Å². The highest BCUT2D eigenvalue weighted by Crippen LogP contribution is 2.47. The minimum atomic E-state index is -0.241. The van der Waals surface area contributed by atoms with Crippen molar-refractivity contribution in [3.05, 3.63) is 40.3 Å². The van der Waals surface area contributed by atoms with E-state index in [1.54, 1.807) is 38.9 Å². The second-order valence-corrected chi connectivity index (χ2v) is 8.65. The standard InChI is InChI=1S/C19H20N2O4S3/c1-4-25-17(22)9-10-21-13-11-12(24-3)5-6-14(13)27-16(21)8-7-15-18(23)20(2)19(26)28-15/h5-8,11H,4,9-10H2,1-3H3/b15-7+,16-8+. The number of thioether (sulfide) groups is 2. The van der Waals surface area contributed by atoms with E-state index in [9.17, 15) is 9.59 Å². The van der Waals surface area contributed by atoms with Gasteiger partial charge >= 0.3 is 5.97 Å². The molecule has 1 aromatic carbocycles. The highest BCUT2D eigenvalue weighted by atomic mass is 32.2. The number of amides is 1. The van der Waals surface area contributed by atoms with Crippen LogP contribution in [0.3, 0.4) is 0 Å². The van der Waals surface area contributed by atoms with Gasteiger partial charge in [-0.05, 0) is 31.2 Å². The van der Waals surface area contributed by atoms with Gasteiger partial charge in [-0.2, -0.15) is 0 Å². The fourth-order valence-corrected chi connectivity index (χ4v) is 4.90. The molecule has 6 nitrogen and oxygen atoms in total. The van der Waals surface area contributed by atoms with Crippen LogP contribution < -0.4 is 9.64 Å². The van der Waals surface area contributed by atoms with Crippen LogP contribution >= 0.6 is 35.7 Å². The maximum Gasteiger partial charge on any atom is 0.307 e. The maximum atomic E-state index is 12.2. The van der Waals surface area contributed by atoms with Gasteiger partial charge in [0.05, 0.1) is 35.8 Å².